The molecule has 0 aliphatic carbocycles. The number of thioether (sulfide) groups is 1. The lowest BCUT2D eigenvalue weighted by atomic mass is 10.2. The van der Waals surface area contributed by atoms with Crippen LogP contribution in [0.2, 0.25) is 0 Å². The molecule has 6 heteroatoms. The minimum atomic E-state index is 0.0615. The van der Waals surface area contributed by atoms with Crippen LogP contribution in [-0.4, -0.2) is 40.4 Å². The molecule has 0 radical (unpaired) electrons. The second-order valence-electron chi connectivity index (χ2n) is 3.83. The second-order valence-corrected chi connectivity index (χ2v) is 5.06. The van der Waals surface area contributed by atoms with Gasteiger partial charge in [0.15, 0.2) is 0 Å². The lowest BCUT2D eigenvalue weighted by Crippen LogP contribution is -2.33. The van der Waals surface area contributed by atoms with Gasteiger partial charge in [-0.3, -0.25) is 4.79 Å². The highest BCUT2D eigenvalue weighted by atomic mass is 32.2. The molecule has 1 aliphatic rings. The van der Waals surface area contributed by atoms with Crippen LogP contribution >= 0.6 is 11.8 Å². The van der Waals surface area contributed by atoms with Crippen LogP contribution in [0.4, 0.5) is 5.82 Å². The Morgan fingerprint density at radius 1 is 1.47 bits per heavy atom. The highest BCUT2D eigenvalue weighted by Gasteiger charge is 2.17. The fourth-order valence-electron chi connectivity index (χ4n) is 1.77. The Kier molecular flexibility index (Phi) is 4.22. The highest BCUT2D eigenvalue weighted by Crippen LogP contribution is 2.14. The fraction of sp³-hybridized carbons (Fsp3) is 0.455. The number of hydrogen-bond donors (Lipinski definition) is 2. The van der Waals surface area contributed by atoms with Gasteiger partial charge in [-0.05, 0) is 24.3 Å². The zero-order valence-electron chi connectivity index (χ0n) is 9.56. The fourth-order valence-corrected chi connectivity index (χ4v) is 2.66. The van der Waals surface area contributed by atoms with Crippen molar-refractivity contribution in [3.63, 3.8) is 0 Å². The van der Waals surface area contributed by atoms with Crippen molar-refractivity contribution < 1.29 is 4.79 Å². The van der Waals surface area contributed by atoms with Crippen molar-refractivity contribution in [2.75, 3.05) is 30.0 Å². The topological polar surface area (TPSA) is 71.2 Å². The number of hydrogen-bond acceptors (Lipinski definition) is 5. The monoisotopic (exact) mass is 252 g/mol. The molecular weight excluding hydrogens is 236 g/mol. The first-order valence-corrected chi connectivity index (χ1v) is 6.76. The Balaban J connectivity index is 2.11. The van der Waals surface area contributed by atoms with E-state index in [1.165, 1.54) is 0 Å². The Bertz CT molecular complexity index is 391. The van der Waals surface area contributed by atoms with E-state index < -0.39 is 0 Å². The Hall–Kier alpha value is -1.27. The van der Waals surface area contributed by atoms with Gasteiger partial charge in [-0.2, -0.15) is 11.8 Å². The van der Waals surface area contributed by atoms with E-state index >= 15 is 0 Å². The van der Waals surface area contributed by atoms with Crippen molar-refractivity contribution in [3.8, 4) is 0 Å². The van der Waals surface area contributed by atoms with Gasteiger partial charge in [-0.25, -0.2) is 10.8 Å². The molecule has 0 aromatic carbocycles. The van der Waals surface area contributed by atoms with Crippen molar-refractivity contribution >= 4 is 23.5 Å². The second kappa shape index (κ2) is 5.88. The SMILES string of the molecule is NNc1cc(C(=O)N2CCCSCC2)ccn1. The third kappa shape index (κ3) is 3.10. The molecule has 5 nitrogen and oxygen atoms in total. The summed E-state index contributed by atoms with van der Waals surface area (Å²) in [6.45, 7) is 1.65. The number of nitrogen functional groups attached to an aromatic ring is 1. The number of anilines is 1. The van der Waals surface area contributed by atoms with Gasteiger partial charge in [0, 0.05) is 30.6 Å². The maximum absolute atomic E-state index is 12.2. The normalized spacial score (nSPS) is 16.4. The van der Waals surface area contributed by atoms with Gasteiger partial charge in [0.1, 0.15) is 5.82 Å². The molecule has 0 unspecified atom stereocenters. The number of amides is 1. The van der Waals surface area contributed by atoms with Gasteiger partial charge < -0.3 is 10.3 Å². The van der Waals surface area contributed by atoms with E-state index in [4.69, 9.17) is 5.84 Å². The van der Waals surface area contributed by atoms with Crippen LogP contribution in [0.5, 0.6) is 0 Å². The van der Waals surface area contributed by atoms with Gasteiger partial charge in [-0.15, -0.1) is 0 Å². The number of nitrogens with two attached hydrogens (primary N) is 1. The van der Waals surface area contributed by atoms with Crippen molar-refractivity contribution in [1.29, 1.82) is 0 Å². The summed E-state index contributed by atoms with van der Waals surface area (Å²) in [5.41, 5.74) is 3.09. The predicted molar refractivity (Wildman–Crippen MR) is 69.9 cm³/mol. The maximum Gasteiger partial charge on any atom is 0.254 e. The number of nitrogens with one attached hydrogen (secondary N) is 1. The molecular formula is C11H16N4OS. The van der Waals surface area contributed by atoms with Crippen molar-refractivity contribution in [1.82, 2.24) is 9.88 Å². The molecule has 92 valence electrons. The van der Waals surface area contributed by atoms with Crippen LogP contribution in [0.15, 0.2) is 18.3 Å². The van der Waals surface area contributed by atoms with Crippen LogP contribution in [-0.2, 0) is 0 Å². The van der Waals surface area contributed by atoms with Gasteiger partial charge in [0.25, 0.3) is 5.91 Å². The van der Waals surface area contributed by atoms with E-state index in [0.717, 1.165) is 31.0 Å². The summed E-state index contributed by atoms with van der Waals surface area (Å²) >= 11 is 1.90. The van der Waals surface area contributed by atoms with Crippen LogP contribution in [0.3, 0.4) is 0 Å². The van der Waals surface area contributed by atoms with E-state index in [9.17, 15) is 4.79 Å². The summed E-state index contributed by atoms with van der Waals surface area (Å²) < 4.78 is 0. The lowest BCUT2D eigenvalue weighted by Gasteiger charge is -2.20. The number of carbonyl (C=O) groups excluding carboxylic acids is 1. The molecule has 0 saturated carbocycles. The summed E-state index contributed by atoms with van der Waals surface area (Å²) in [6, 6.07) is 3.40. The summed E-state index contributed by atoms with van der Waals surface area (Å²) in [4.78, 5) is 18.1. The molecule has 1 saturated heterocycles. The van der Waals surface area contributed by atoms with E-state index in [1.807, 2.05) is 16.7 Å². The van der Waals surface area contributed by atoms with Gasteiger partial charge in [0.05, 0.1) is 0 Å². The number of hydrazine groups is 1. The van der Waals surface area contributed by atoms with Gasteiger partial charge in [0.2, 0.25) is 0 Å². The quantitative estimate of drug-likeness (QED) is 0.605. The van der Waals surface area contributed by atoms with Crippen LogP contribution in [0, 0.1) is 0 Å². The molecule has 1 aliphatic heterocycles. The summed E-state index contributed by atoms with van der Waals surface area (Å²) in [6.07, 6.45) is 2.65. The van der Waals surface area contributed by atoms with Crippen LogP contribution in [0.25, 0.3) is 0 Å². The molecule has 2 heterocycles. The first-order valence-electron chi connectivity index (χ1n) is 5.61. The van der Waals surface area contributed by atoms with Crippen molar-refractivity contribution in [2.24, 2.45) is 5.84 Å². The molecule has 0 bridgehead atoms. The number of rotatable bonds is 2. The van der Waals surface area contributed by atoms with Crippen LogP contribution in [0.1, 0.15) is 16.8 Å². The Morgan fingerprint density at radius 3 is 3.18 bits per heavy atom. The van der Waals surface area contributed by atoms with E-state index in [0.29, 0.717) is 11.4 Å². The van der Waals surface area contributed by atoms with Crippen molar-refractivity contribution in [3.05, 3.63) is 23.9 Å². The molecule has 3 N–H and O–H groups in total. The third-order valence-electron chi connectivity index (χ3n) is 2.66. The minimum absolute atomic E-state index is 0.0615. The Labute approximate surface area is 105 Å². The lowest BCUT2D eigenvalue weighted by molar-refractivity contribution is 0.0768. The van der Waals surface area contributed by atoms with Crippen molar-refractivity contribution in [2.45, 2.75) is 6.42 Å². The summed E-state index contributed by atoms with van der Waals surface area (Å²) in [5.74, 6) is 8.00. The average Bonchev–Trinajstić information content (AvgIpc) is 2.67. The molecule has 1 aromatic rings. The summed E-state index contributed by atoms with van der Waals surface area (Å²) in [5, 5.41) is 0. The van der Waals surface area contributed by atoms with Gasteiger partial charge >= 0.3 is 0 Å². The number of aromatic nitrogens is 1. The molecule has 0 spiro atoms. The van der Waals surface area contributed by atoms with E-state index in [1.54, 1.807) is 18.3 Å². The number of carbonyl (C=O) groups is 1. The molecule has 1 aromatic heterocycles. The third-order valence-corrected chi connectivity index (χ3v) is 3.71. The smallest absolute Gasteiger partial charge is 0.254 e. The molecule has 2 rings (SSSR count). The zero-order valence-corrected chi connectivity index (χ0v) is 10.4. The highest BCUT2D eigenvalue weighted by molar-refractivity contribution is 7.99. The first kappa shape index (κ1) is 12.2. The largest absolute Gasteiger partial charge is 0.338 e. The molecule has 1 amide bonds. The zero-order chi connectivity index (χ0) is 12.1. The van der Waals surface area contributed by atoms with E-state index in [2.05, 4.69) is 10.4 Å². The van der Waals surface area contributed by atoms with Gasteiger partial charge in [-0.1, -0.05) is 0 Å². The molecule has 1 fully saturated rings. The van der Waals surface area contributed by atoms with Crippen LogP contribution < -0.4 is 11.3 Å². The summed E-state index contributed by atoms with van der Waals surface area (Å²) in [7, 11) is 0. The Morgan fingerprint density at radius 2 is 2.35 bits per heavy atom. The molecule has 0 atom stereocenters. The number of nitrogens with zero attached hydrogens (tertiary/aromatic N) is 2. The van der Waals surface area contributed by atoms with E-state index in [-0.39, 0.29) is 5.91 Å². The maximum atomic E-state index is 12.2. The standard InChI is InChI=1S/C11H16N4OS/c12-14-10-8-9(2-3-13-10)11(16)15-4-1-6-17-7-5-15/h2-3,8H,1,4-7,12H2,(H,13,14). The number of pyridine rings is 1. The molecule has 17 heavy (non-hydrogen) atoms. The first-order chi connectivity index (χ1) is 8.31. The minimum Gasteiger partial charge on any atom is -0.338 e. The average molecular weight is 252 g/mol. The predicted octanol–water partition coefficient (Wildman–Crippen LogP) is 0.946.